The predicted octanol–water partition coefficient (Wildman–Crippen LogP) is 3.91. The molecule has 3 heterocycles. The largest absolute Gasteiger partial charge is 0.300 e. The molecular formula is C18H13N7S. The Hall–Kier alpha value is -3.57. The van der Waals surface area contributed by atoms with Gasteiger partial charge in [0.2, 0.25) is 5.95 Å². The van der Waals surface area contributed by atoms with E-state index in [1.165, 1.54) is 11.3 Å². The van der Waals surface area contributed by atoms with E-state index in [-0.39, 0.29) is 0 Å². The summed E-state index contributed by atoms with van der Waals surface area (Å²) in [6.07, 6.45) is 3.44. The first-order chi connectivity index (χ1) is 12.7. The van der Waals surface area contributed by atoms with Crippen molar-refractivity contribution in [1.82, 2.24) is 25.1 Å². The highest BCUT2D eigenvalue weighted by Gasteiger charge is 2.14. The van der Waals surface area contributed by atoms with Gasteiger partial charge in [-0.1, -0.05) is 12.1 Å². The summed E-state index contributed by atoms with van der Waals surface area (Å²) in [5, 5.41) is 22.0. The topological polar surface area (TPSA) is 103 Å². The Morgan fingerprint density at radius 1 is 1.23 bits per heavy atom. The van der Waals surface area contributed by atoms with Crippen molar-refractivity contribution in [2.45, 2.75) is 6.92 Å². The average Bonchev–Trinajstić information content (AvgIpc) is 3.31. The number of thiazole rings is 1. The summed E-state index contributed by atoms with van der Waals surface area (Å²) in [7, 11) is 0. The lowest BCUT2D eigenvalue weighted by Gasteiger charge is -2.02. The number of nitrogens with one attached hydrogen (secondary N) is 2. The molecule has 2 N–H and O–H groups in total. The van der Waals surface area contributed by atoms with Crippen LogP contribution in [-0.2, 0) is 0 Å². The molecule has 26 heavy (non-hydrogen) atoms. The van der Waals surface area contributed by atoms with E-state index < -0.39 is 0 Å². The molecule has 0 amide bonds. The number of anilines is 2. The number of rotatable bonds is 4. The average molecular weight is 359 g/mol. The lowest BCUT2D eigenvalue weighted by molar-refractivity contribution is 1.10. The third-order valence-corrected chi connectivity index (χ3v) is 4.47. The number of aryl methyl sites for hydroxylation is 1. The van der Waals surface area contributed by atoms with Crippen LogP contribution in [0, 0.1) is 18.3 Å². The van der Waals surface area contributed by atoms with Crippen molar-refractivity contribution in [3.63, 3.8) is 0 Å². The molecule has 0 unspecified atom stereocenters. The molecule has 8 heteroatoms. The van der Waals surface area contributed by atoms with Gasteiger partial charge in [0, 0.05) is 28.4 Å². The van der Waals surface area contributed by atoms with Crippen molar-refractivity contribution in [2.24, 2.45) is 0 Å². The highest BCUT2D eigenvalue weighted by atomic mass is 32.1. The lowest BCUT2D eigenvalue weighted by Crippen LogP contribution is -1.97. The number of nitrogens with zero attached hydrogens (tertiary/aromatic N) is 5. The predicted molar refractivity (Wildman–Crippen MR) is 99.9 cm³/mol. The highest BCUT2D eigenvalue weighted by molar-refractivity contribution is 7.14. The van der Waals surface area contributed by atoms with Gasteiger partial charge in [-0.05, 0) is 25.1 Å². The molecule has 7 nitrogen and oxygen atoms in total. The van der Waals surface area contributed by atoms with Crippen LogP contribution in [-0.4, -0.2) is 25.1 Å². The molecule has 0 fully saturated rings. The Morgan fingerprint density at radius 3 is 3.00 bits per heavy atom. The van der Waals surface area contributed by atoms with Crippen molar-refractivity contribution in [2.75, 3.05) is 5.32 Å². The standard InChI is InChI=1S/C18H13N7S/c1-11-5-6-20-17(22-11)24-18-23-15(10-26-18)14-9-21-25-16(14)13-4-2-3-12(7-13)8-19/h2-7,9-10H,1H3,(H,21,25)(H,20,22,23,24). The summed E-state index contributed by atoms with van der Waals surface area (Å²) >= 11 is 1.46. The molecule has 4 aromatic rings. The molecule has 3 aromatic heterocycles. The summed E-state index contributed by atoms with van der Waals surface area (Å²) in [5.74, 6) is 0.514. The fraction of sp³-hybridized carbons (Fsp3) is 0.0556. The minimum absolute atomic E-state index is 0.514. The summed E-state index contributed by atoms with van der Waals surface area (Å²) < 4.78 is 0. The first-order valence-electron chi connectivity index (χ1n) is 7.79. The zero-order chi connectivity index (χ0) is 17.9. The zero-order valence-electron chi connectivity index (χ0n) is 13.8. The Balaban J connectivity index is 1.65. The lowest BCUT2D eigenvalue weighted by atomic mass is 10.0. The van der Waals surface area contributed by atoms with Gasteiger partial charge in [0.05, 0.1) is 29.2 Å². The fourth-order valence-corrected chi connectivity index (χ4v) is 3.21. The van der Waals surface area contributed by atoms with E-state index in [9.17, 15) is 0 Å². The van der Waals surface area contributed by atoms with Gasteiger partial charge in [0.15, 0.2) is 5.13 Å². The number of hydrogen-bond donors (Lipinski definition) is 2. The van der Waals surface area contributed by atoms with Gasteiger partial charge >= 0.3 is 0 Å². The number of benzene rings is 1. The van der Waals surface area contributed by atoms with E-state index in [2.05, 4.69) is 36.5 Å². The van der Waals surface area contributed by atoms with Crippen LogP contribution in [0.25, 0.3) is 22.5 Å². The van der Waals surface area contributed by atoms with E-state index in [4.69, 9.17) is 5.26 Å². The quantitative estimate of drug-likeness (QED) is 0.572. The Bertz CT molecular complexity index is 1110. The Labute approximate surface area is 153 Å². The van der Waals surface area contributed by atoms with Crippen LogP contribution in [0.5, 0.6) is 0 Å². The van der Waals surface area contributed by atoms with Crippen LogP contribution < -0.4 is 5.32 Å². The minimum Gasteiger partial charge on any atom is -0.300 e. The maximum absolute atomic E-state index is 9.10. The fourth-order valence-electron chi connectivity index (χ4n) is 2.50. The first kappa shape index (κ1) is 15.9. The third-order valence-electron chi connectivity index (χ3n) is 3.71. The van der Waals surface area contributed by atoms with Gasteiger partial charge < -0.3 is 5.32 Å². The van der Waals surface area contributed by atoms with Crippen LogP contribution in [0.2, 0.25) is 0 Å². The maximum atomic E-state index is 9.10. The number of hydrogen-bond acceptors (Lipinski definition) is 7. The van der Waals surface area contributed by atoms with E-state index in [1.807, 2.05) is 36.6 Å². The Morgan fingerprint density at radius 2 is 2.15 bits per heavy atom. The maximum Gasteiger partial charge on any atom is 0.229 e. The SMILES string of the molecule is Cc1ccnc(Nc2nc(-c3cn[nH]c3-c3cccc(C#N)c3)cs2)n1. The summed E-state index contributed by atoms with van der Waals surface area (Å²) in [6, 6.07) is 11.4. The zero-order valence-corrected chi connectivity index (χ0v) is 14.6. The van der Waals surface area contributed by atoms with E-state index in [0.29, 0.717) is 16.6 Å². The normalized spacial score (nSPS) is 10.5. The second-order valence-corrected chi connectivity index (χ2v) is 6.39. The van der Waals surface area contributed by atoms with Crippen molar-refractivity contribution in [1.29, 1.82) is 5.26 Å². The molecule has 0 aliphatic rings. The third kappa shape index (κ3) is 3.16. The van der Waals surface area contributed by atoms with E-state index in [0.717, 1.165) is 28.2 Å². The second-order valence-electron chi connectivity index (χ2n) is 5.54. The number of H-pyrrole nitrogens is 1. The van der Waals surface area contributed by atoms with Crippen molar-refractivity contribution in [3.8, 4) is 28.6 Å². The molecule has 0 bridgehead atoms. The van der Waals surface area contributed by atoms with Crippen LogP contribution in [0.3, 0.4) is 0 Å². The second kappa shape index (κ2) is 6.74. The molecule has 0 spiro atoms. The monoisotopic (exact) mass is 359 g/mol. The van der Waals surface area contributed by atoms with Crippen LogP contribution >= 0.6 is 11.3 Å². The highest BCUT2D eigenvalue weighted by Crippen LogP contribution is 2.32. The molecule has 4 rings (SSSR count). The van der Waals surface area contributed by atoms with Crippen LogP contribution in [0.4, 0.5) is 11.1 Å². The summed E-state index contributed by atoms with van der Waals surface area (Å²) in [4.78, 5) is 13.1. The van der Waals surface area contributed by atoms with Crippen LogP contribution in [0.15, 0.2) is 48.1 Å². The molecule has 0 atom stereocenters. The number of aromatic amines is 1. The molecule has 0 radical (unpaired) electrons. The van der Waals surface area contributed by atoms with Crippen LogP contribution in [0.1, 0.15) is 11.3 Å². The van der Waals surface area contributed by atoms with E-state index in [1.54, 1.807) is 18.5 Å². The van der Waals surface area contributed by atoms with Gasteiger partial charge in [-0.25, -0.2) is 15.0 Å². The van der Waals surface area contributed by atoms with Gasteiger partial charge in [-0.2, -0.15) is 10.4 Å². The first-order valence-corrected chi connectivity index (χ1v) is 8.67. The summed E-state index contributed by atoms with van der Waals surface area (Å²) in [6.45, 7) is 1.91. The number of nitriles is 1. The minimum atomic E-state index is 0.514. The molecule has 126 valence electrons. The van der Waals surface area contributed by atoms with E-state index >= 15 is 0 Å². The van der Waals surface area contributed by atoms with Crippen molar-refractivity contribution >= 4 is 22.4 Å². The molecule has 0 aliphatic carbocycles. The Kier molecular flexibility index (Phi) is 4.13. The van der Waals surface area contributed by atoms with Gasteiger partial charge in [0.25, 0.3) is 0 Å². The smallest absolute Gasteiger partial charge is 0.229 e. The molecular weight excluding hydrogens is 346 g/mol. The summed E-state index contributed by atoms with van der Waals surface area (Å²) in [5.41, 5.74) is 4.85. The van der Waals surface area contributed by atoms with Gasteiger partial charge in [0.1, 0.15) is 0 Å². The molecule has 0 saturated carbocycles. The molecule has 0 aliphatic heterocycles. The number of aromatic nitrogens is 5. The van der Waals surface area contributed by atoms with Gasteiger partial charge in [-0.3, -0.25) is 5.10 Å². The molecule has 1 aromatic carbocycles. The van der Waals surface area contributed by atoms with Gasteiger partial charge in [-0.15, -0.1) is 11.3 Å². The van der Waals surface area contributed by atoms with Crippen molar-refractivity contribution < 1.29 is 0 Å². The van der Waals surface area contributed by atoms with Crippen molar-refractivity contribution in [3.05, 3.63) is 59.4 Å². The molecule has 0 saturated heterocycles.